The predicted octanol–water partition coefficient (Wildman–Crippen LogP) is 3.58. The number of nitrogens with one attached hydrogen (secondary N) is 1. The van der Waals surface area contributed by atoms with E-state index in [4.69, 9.17) is 0 Å². The van der Waals surface area contributed by atoms with Gasteiger partial charge in [0.05, 0.1) is 11.7 Å². The fraction of sp³-hybridized carbons (Fsp3) is 0.400. The molecule has 1 heterocycles. The van der Waals surface area contributed by atoms with E-state index in [0.29, 0.717) is 0 Å². The van der Waals surface area contributed by atoms with E-state index in [-0.39, 0.29) is 6.04 Å². The zero-order valence-electron chi connectivity index (χ0n) is 11.7. The number of benzene rings is 1. The lowest BCUT2D eigenvalue weighted by Crippen LogP contribution is -2.24. The Kier molecular flexibility index (Phi) is 4.77. The maximum Gasteiger partial charge on any atom is 0.0839 e. The van der Waals surface area contributed by atoms with Crippen molar-refractivity contribution in [3.05, 3.63) is 51.8 Å². The molecule has 1 aromatic heterocycles. The molecule has 1 atom stereocenters. The van der Waals surface area contributed by atoms with E-state index >= 15 is 0 Å². The summed E-state index contributed by atoms with van der Waals surface area (Å²) < 4.78 is 2.95. The summed E-state index contributed by atoms with van der Waals surface area (Å²) in [6.45, 7) is 5.30. The molecule has 4 heteroatoms. The van der Waals surface area contributed by atoms with Gasteiger partial charge in [-0.25, -0.2) is 0 Å². The van der Waals surface area contributed by atoms with Crippen LogP contribution in [0.25, 0.3) is 0 Å². The van der Waals surface area contributed by atoms with Crippen molar-refractivity contribution >= 4 is 15.9 Å². The van der Waals surface area contributed by atoms with Gasteiger partial charge in [-0.2, -0.15) is 5.10 Å². The highest BCUT2D eigenvalue weighted by atomic mass is 79.9. The first-order valence-electron chi connectivity index (χ1n) is 6.60. The Morgan fingerprint density at radius 2 is 2.16 bits per heavy atom. The van der Waals surface area contributed by atoms with Gasteiger partial charge in [0.2, 0.25) is 0 Å². The van der Waals surface area contributed by atoms with Gasteiger partial charge in [-0.1, -0.05) is 28.9 Å². The van der Waals surface area contributed by atoms with Gasteiger partial charge in [0, 0.05) is 17.7 Å². The van der Waals surface area contributed by atoms with Crippen LogP contribution in [-0.2, 0) is 7.05 Å². The van der Waals surface area contributed by atoms with Gasteiger partial charge in [0.1, 0.15) is 0 Å². The first-order chi connectivity index (χ1) is 9.11. The molecule has 2 aromatic rings. The summed E-state index contributed by atoms with van der Waals surface area (Å²) in [5, 5.41) is 8.14. The molecular weight excluding hydrogens is 302 g/mol. The summed E-state index contributed by atoms with van der Waals surface area (Å²) in [6, 6.07) is 8.63. The van der Waals surface area contributed by atoms with Crippen molar-refractivity contribution in [1.29, 1.82) is 0 Å². The Bertz CT molecular complexity index is 548. The minimum atomic E-state index is 0.152. The lowest BCUT2D eigenvalue weighted by molar-refractivity contribution is 0.573. The molecular formula is C15H20BrN3. The standard InChI is InChI=1S/C15H20BrN3/c1-4-8-17-15(14-7-9-19(3)18-14)13-10-12(16)6-5-11(13)2/h5-7,9-10,15,17H,4,8H2,1-3H3. The van der Waals surface area contributed by atoms with E-state index in [9.17, 15) is 0 Å². The quantitative estimate of drug-likeness (QED) is 0.912. The van der Waals surface area contributed by atoms with Crippen LogP contribution >= 0.6 is 15.9 Å². The third kappa shape index (κ3) is 3.45. The Hall–Kier alpha value is -1.13. The Balaban J connectivity index is 2.39. The fourth-order valence-corrected chi connectivity index (χ4v) is 2.55. The van der Waals surface area contributed by atoms with Crippen LogP contribution in [-0.4, -0.2) is 16.3 Å². The topological polar surface area (TPSA) is 29.9 Å². The van der Waals surface area contributed by atoms with Crippen LogP contribution < -0.4 is 5.32 Å². The Morgan fingerprint density at radius 1 is 1.37 bits per heavy atom. The Labute approximate surface area is 123 Å². The van der Waals surface area contributed by atoms with E-state index in [0.717, 1.165) is 23.1 Å². The summed E-state index contributed by atoms with van der Waals surface area (Å²) in [5.74, 6) is 0. The number of aryl methyl sites for hydroxylation is 2. The molecule has 2 rings (SSSR count). The summed E-state index contributed by atoms with van der Waals surface area (Å²) in [5.41, 5.74) is 3.63. The number of rotatable bonds is 5. The Morgan fingerprint density at radius 3 is 2.79 bits per heavy atom. The van der Waals surface area contributed by atoms with Crippen molar-refractivity contribution in [3.63, 3.8) is 0 Å². The average Bonchev–Trinajstić information content (AvgIpc) is 2.80. The van der Waals surface area contributed by atoms with Crippen molar-refractivity contribution in [3.8, 4) is 0 Å². The largest absolute Gasteiger partial charge is 0.305 e. The average molecular weight is 322 g/mol. The molecule has 0 radical (unpaired) electrons. The second-order valence-electron chi connectivity index (χ2n) is 4.80. The fourth-order valence-electron chi connectivity index (χ4n) is 2.17. The van der Waals surface area contributed by atoms with Crippen LogP contribution in [0.5, 0.6) is 0 Å². The zero-order valence-corrected chi connectivity index (χ0v) is 13.2. The molecule has 0 aliphatic heterocycles. The summed E-state index contributed by atoms with van der Waals surface area (Å²) >= 11 is 3.56. The molecule has 19 heavy (non-hydrogen) atoms. The maximum absolute atomic E-state index is 4.55. The number of aromatic nitrogens is 2. The van der Waals surface area contributed by atoms with Crippen molar-refractivity contribution in [2.24, 2.45) is 7.05 Å². The van der Waals surface area contributed by atoms with E-state index < -0.39 is 0 Å². The highest BCUT2D eigenvalue weighted by Gasteiger charge is 2.18. The number of halogens is 1. The molecule has 0 aliphatic carbocycles. The third-order valence-corrected chi connectivity index (χ3v) is 3.67. The van der Waals surface area contributed by atoms with Crippen molar-refractivity contribution < 1.29 is 0 Å². The maximum atomic E-state index is 4.55. The van der Waals surface area contributed by atoms with Crippen LogP contribution in [0.1, 0.15) is 36.2 Å². The highest BCUT2D eigenvalue weighted by molar-refractivity contribution is 9.10. The molecule has 0 saturated carbocycles. The van der Waals surface area contributed by atoms with Gasteiger partial charge in [-0.15, -0.1) is 0 Å². The van der Waals surface area contributed by atoms with Crippen LogP contribution in [0.4, 0.5) is 0 Å². The first-order valence-corrected chi connectivity index (χ1v) is 7.40. The van der Waals surface area contributed by atoms with Crippen molar-refractivity contribution in [2.45, 2.75) is 26.3 Å². The normalized spacial score (nSPS) is 12.6. The lowest BCUT2D eigenvalue weighted by atomic mass is 9.99. The smallest absolute Gasteiger partial charge is 0.0839 e. The van der Waals surface area contributed by atoms with Gasteiger partial charge < -0.3 is 5.32 Å². The van der Waals surface area contributed by atoms with Crippen molar-refractivity contribution in [2.75, 3.05) is 6.54 Å². The SMILES string of the molecule is CCCNC(c1ccn(C)n1)c1cc(Br)ccc1C. The van der Waals surface area contributed by atoms with Crippen LogP contribution in [0.3, 0.4) is 0 Å². The second-order valence-corrected chi connectivity index (χ2v) is 5.72. The van der Waals surface area contributed by atoms with Gasteiger partial charge in [-0.05, 0) is 49.2 Å². The summed E-state index contributed by atoms with van der Waals surface area (Å²) in [6.07, 6.45) is 3.10. The van der Waals surface area contributed by atoms with Gasteiger partial charge >= 0.3 is 0 Å². The van der Waals surface area contributed by atoms with E-state index in [1.165, 1.54) is 11.1 Å². The van der Waals surface area contributed by atoms with Crippen LogP contribution in [0.15, 0.2) is 34.9 Å². The molecule has 0 saturated heterocycles. The van der Waals surface area contributed by atoms with Crippen LogP contribution in [0.2, 0.25) is 0 Å². The molecule has 1 N–H and O–H groups in total. The van der Waals surface area contributed by atoms with Crippen molar-refractivity contribution in [1.82, 2.24) is 15.1 Å². The minimum Gasteiger partial charge on any atom is -0.305 e. The molecule has 0 bridgehead atoms. The summed E-state index contributed by atoms with van der Waals surface area (Å²) in [4.78, 5) is 0. The van der Waals surface area contributed by atoms with E-state index in [1.54, 1.807) is 0 Å². The number of nitrogens with zero attached hydrogens (tertiary/aromatic N) is 2. The molecule has 1 aromatic carbocycles. The molecule has 3 nitrogen and oxygen atoms in total. The molecule has 0 amide bonds. The number of hydrogen-bond acceptors (Lipinski definition) is 2. The molecule has 0 fully saturated rings. The first kappa shape index (κ1) is 14.3. The molecule has 0 aliphatic rings. The molecule has 0 spiro atoms. The highest BCUT2D eigenvalue weighted by Crippen LogP contribution is 2.26. The minimum absolute atomic E-state index is 0.152. The second kappa shape index (κ2) is 6.35. The summed E-state index contributed by atoms with van der Waals surface area (Å²) in [7, 11) is 1.95. The number of hydrogen-bond donors (Lipinski definition) is 1. The van der Waals surface area contributed by atoms with Gasteiger partial charge in [0.15, 0.2) is 0 Å². The zero-order chi connectivity index (χ0) is 13.8. The monoisotopic (exact) mass is 321 g/mol. The molecule has 102 valence electrons. The van der Waals surface area contributed by atoms with E-state index in [2.05, 4.69) is 64.5 Å². The van der Waals surface area contributed by atoms with E-state index in [1.807, 2.05) is 17.9 Å². The van der Waals surface area contributed by atoms with Gasteiger partial charge in [0.25, 0.3) is 0 Å². The molecule has 1 unspecified atom stereocenters. The third-order valence-electron chi connectivity index (χ3n) is 3.18. The van der Waals surface area contributed by atoms with Crippen LogP contribution in [0, 0.1) is 6.92 Å². The predicted molar refractivity (Wildman–Crippen MR) is 82.2 cm³/mol. The van der Waals surface area contributed by atoms with Gasteiger partial charge in [-0.3, -0.25) is 4.68 Å². The lowest BCUT2D eigenvalue weighted by Gasteiger charge is -2.19.